The second kappa shape index (κ2) is 15.2. The highest BCUT2D eigenvalue weighted by molar-refractivity contribution is 14.0. The molecule has 0 fully saturated rings. The van der Waals surface area contributed by atoms with Gasteiger partial charge in [0.05, 0.1) is 5.75 Å². The summed E-state index contributed by atoms with van der Waals surface area (Å²) in [6.45, 7) is 11.5. The van der Waals surface area contributed by atoms with E-state index in [1.165, 1.54) is 4.31 Å². The zero-order chi connectivity index (χ0) is 17.7. The maximum Gasteiger partial charge on any atom is 0.215 e. The third-order valence-corrected chi connectivity index (χ3v) is 5.21. The van der Waals surface area contributed by atoms with E-state index in [1.54, 1.807) is 7.05 Å². The highest BCUT2D eigenvalue weighted by atomic mass is 127. The molecule has 0 aromatic heterocycles. The van der Waals surface area contributed by atoms with Crippen molar-refractivity contribution in [1.82, 2.24) is 14.9 Å². The molecule has 0 radical (unpaired) electrons. The Hall–Kier alpha value is -0.130. The van der Waals surface area contributed by atoms with Crippen molar-refractivity contribution in [2.24, 2.45) is 10.9 Å². The number of halogens is 1. The minimum atomic E-state index is -3.20. The molecule has 0 atom stereocenters. The molecule has 9 heteroatoms. The minimum absolute atomic E-state index is 0. The molecule has 0 saturated carbocycles. The predicted octanol–water partition coefficient (Wildman–Crippen LogP) is 1.50. The number of hydrogen-bond donors (Lipinski definition) is 2. The second-order valence-corrected chi connectivity index (χ2v) is 7.74. The highest BCUT2D eigenvalue weighted by Crippen LogP contribution is 1.99. The Kier molecular flexibility index (Phi) is 16.5. The molecule has 146 valence electrons. The molecule has 0 aromatic carbocycles. The van der Waals surface area contributed by atoms with E-state index in [4.69, 9.17) is 4.74 Å². The fourth-order valence-corrected chi connectivity index (χ4v) is 3.37. The van der Waals surface area contributed by atoms with Gasteiger partial charge < -0.3 is 15.4 Å². The SMILES string of the molecule is CCN(CC)S(=O)(=O)CCNC(=NC)NCCCOCC(C)C.I. The lowest BCUT2D eigenvalue weighted by atomic mass is 10.2. The van der Waals surface area contributed by atoms with Crippen LogP contribution in [0.5, 0.6) is 0 Å². The Morgan fingerprint density at radius 2 is 1.75 bits per heavy atom. The molecule has 0 spiro atoms. The number of ether oxygens (including phenoxy) is 1. The first-order chi connectivity index (χ1) is 10.9. The molecule has 0 aliphatic carbocycles. The molecule has 0 aromatic rings. The van der Waals surface area contributed by atoms with Crippen LogP contribution in [0.2, 0.25) is 0 Å². The van der Waals surface area contributed by atoms with Gasteiger partial charge in [-0.2, -0.15) is 0 Å². The van der Waals surface area contributed by atoms with E-state index < -0.39 is 10.0 Å². The molecule has 0 rings (SSSR count). The van der Waals surface area contributed by atoms with Crippen molar-refractivity contribution in [3.63, 3.8) is 0 Å². The first-order valence-electron chi connectivity index (χ1n) is 8.37. The summed E-state index contributed by atoms with van der Waals surface area (Å²) in [5, 5.41) is 6.18. The van der Waals surface area contributed by atoms with Crippen molar-refractivity contribution in [3.8, 4) is 0 Å². The van der Waals surface area contributed by atoms with Crippen LogP contribution in [0, 0.1) is 5.92 Å². The lowest BCUT2D eigenvalue weighted by Gasteiger charge is -2.19. The van der Waals surface area contributed by atoms with Crippen LogP contribution in [0.25, 0.3) is 0 Å². The summed E-state index contributed by atoms with van der Waals surface area (Å²) in [6.07, 6.45) is 0.880. The van der Waals surface area contributed by atoms with Crippen molar-refractivity contribution in [2.45, 2.75) is 34.1 Å². The molecule has 24 heavy (non-hydrogen) atoms. The zero-order valence-electron chi connectivity index (χ0n) is 15.7. The van der Waals surface area contributed by atoms with E-state index in [2.05, 4.69) is 29.5 Å². The van der Waals surface area contributed by atoms with Crippen LogP contribution >= 0.6 is 24.0 Å². The fourth-order valence-electron chi connectivity index (χ4n) is 1.97. The van der Waals surface area contributed by atoms with Gasteiger partial charge in [-0.05, 0) is 12.3 Å². The van der Waals surface area contributed by atoms with Crippen molar-refractivity contribution in [2.75, 3.05) is 52.2 Å². The Balaban J connectivity index is 0. The van der Waals surface area contributed by atoms with Gasteiger partial charge in [0.2, 0.25) is 10.0 Å². The van der Waals surface area contributed by atoms with Gasteiger partial charge in [0, 0.05) is 46.4 Å². The Morgan fingerprint density at radius 1 is 1.17 bits per heavy atom. The van der Waals surface area contributed by atoms with Gasteiger partial charge >= 0.3 is 0 Å². The molecular weight excluding hydrogens is 443 g/mol. The molecule has 0 bridgehead atoms. The van der Waals surface area contributed by atoms with E-state index in [-0.39, 0.29) is 29.7 Å². The monoisotopic (exact) mass is 478 g/mol. The molecule has 0 aliphatic heterocycles. The summed E-state index contributed by atoms with van der Waals surface area (Å²) < 4.78 is 31.1. The number of rotatable bonds is 12. The third-order valence-electron chi connectivity index (χ3n) is 3.18. The highest BCUT2D eigenvalue weighted by Gasteiger charge is 2.18. The zero-order valence-corrected chi connectivity index (χ0v) is 18.8. The largest absolute Gasteiger partial charge is 0.381 e. The van der Waals surface area contributed by atoms with Crippen LogP contribution in [0.4, 0.5) is 0 Å². The van der Waals surface area contributed by atoms with Crippen LogP contribution in [0.1, 0.15) is 34.1 Å². The van der Waals surface area contributed by atoms with E-state index >= 15 is 0 Å². The molecule has 0 heterocycles. The molecule has 7 nitrogen and oxygen atoms in total. The predicted molar refractivity (Wildman–Crippen MR) is 112 cm³/mol. The summed E-state index contributed by atoms with van der Waals surface area (Å²) in [6, 6.07) is 0. The standard InChI is InChI=1S/C15H34N4O3S.HI/c1-6-19(7-2)23(20,21)12-10-18-15(16-5)17-9-8-11-22-13-14(3)4;/h14H,6-13H2,1-5H3,(H2,16,17,18);1H. The molecular formula is C15H35IN4O3S. The number of nitrogens with one attached hydrogen (secondary N) is 2. The van der Waals surface area contributed by atoms with Gasteiger partial charge in [0.15, 0.2) is 5.96 Å². The average molecular weight is 478 g/mol. The van der Waals surface area contributed by atoms with E-state index in [9.17, 15) is 8.42 Å². The summed E-state index contributed by atoms with van der Waals surface area (Å²) in [5.74, 6) is 1.22. The average Bonchev–Trinajstić information content (AvgIpc) is 2.49. The first kappa shape index (κ1) is 26.1. The molecule has 0 saturated heterocycles. The number of sulfonamides is 1. The van der Waals surface area contributed by atoms with Gasteiger partial charge in [-0.15, -0.1) is 24.0 Å². The first-order valence-corrected chi connectivity index (χ1v) is 9.98. The van der Waals surface area contributed by atoms with E-state index in [0.29, 0.717) is 38.1 Å². The number of guanidine groups is 1. The van der Waals surface area contributed by atoms with Crippen molar-refractivity contribution >= 4 is 40.0 Å². The van der Waals surface area contributed by atoms with Crippen molar-refractivity contribution < 1.29 is 13.2 Å². The maximum atomic E-state index is 12.1. The maximum absolute atomic E-state index is 12.1. The lowest BCUT2D eigenvalue weighted by Crippen LogP contribution is -2.42. The summed E-state index contributed by atoms with van der Waals surface area (Å²) >= 11 is 0. The van der Waals surface area contributed by atoms with Crippen molar-refractivity contribution in [1.29, 1.82) is 0 Å². The summed E-state index contributed by atoms with van der Waals surface area (Å²) in [4.78, 5) is 4.08. The quantitative estimate of drug-likeness (QED) is 0.192. The van der Waals surface area contributed by atoms with Gasteiger partial charge in [-0.1, -0.05) is 27.7 Å². The van der Waals surface area contributed by atoms with Gasteiger partial charge in [-0.3, -0.25) is 4.99 Å². The molecule has 2 N–H and O–H groups in total. The van der Waals surface area contributed by atoms with Gasteiger partial charge in [0.1, 0.15) is 0 Å². The van der Waals surface area contributed by atoms with E-state index in [0.717, 1.165) is 19.6 Å². The third kappa shape index (κ3) is 12.3. The summed E-state index contributed by atoms with van der Waals surface area (Å²) in [7, 11) is -1.53. The van der Waals surface area contributed by atoms with Gasteiger partial charge in [-0.25, -0.2) is 12.7 Å². The molecule has 0 unspecified atom stereocenters. The Bertz CT molecular complexity index is 426. The van der Waals surface area contributed by atoms with Gasteiger partial charge in [0.25, 0.3) is 0 Å². The molecule has 0 amide bonds. The molecule has 0 aliphatic rings. The van der Waals surface area contributed by atoms with Crippen LogP contribution in [0.3, 0.4) is 0 Å². The fraction of sp³-hybridized carbons (Fsp3) is 0.933. The number of aliphatic imine (C=N–C) groups is 1. The lowest BCUT2D eigenvalue weighted by molar-refractivity contribution is 0.108. The van der Waals surface area contributed by atoms with Crippen LogP contribution in [-0.4, -0.2) is 70.9 Å². The second-order valence-electron chi connectivity index (χ2n) is 5.65. The number of nitrogens with zero attached hydrogens (tertiary/aromatic N) is 2. The normalized spacial score (nSPS) is 12.4. The minimum Gasteiger partial charge on any atom is -0.381 e. The van der Waals surface area contributed by atoms with E-state index in [1.807, 2.05) is 13.8 Å². The Labute approximate surface area is 165 Å². The van der Waals surface area contributed by atoms with Crippen LogP contribution < -0.4 is 10.6 Å². The van der Waals surface area contributed by atoms with Crippen LogP contribution in [0.15, 0.2) is 4.99 Å². The van der Waals surface area contributed by atoms with Crippen molar-refractivity contribution in [3.05, 3.63) is 0 Å². The van der Waals surface area contributed by atoms with Crippen LogP contribution in [-0.2, 0) is 14.8 Å². The summed E-state index contributed by atoms with van der Waals surface area (Å²) in [5.41, 5.74) is 0. The smallest absolute Gasteiger partial charge is 0.215 e. The Morgan fingerprint density at radius 3 is 2.25 bits per heavy atom. The number of hydrogen-bond acceptors (Lipinski definition) is 4. The topological polar surface area (TPSA) is 83.0 Å².